The van der Waals surface area contributed by atoms with Crippen molar-refractivity contribution in [3.63, 3.8) is 0 Å². The Morgan fingerprint density at radius 2 is 1.79 bits per heavy atom. The number of hydrogen-bond acceptors (Lipinski definition) is 10. The molecule has 0 saturated carbocycles. The predicted molar refractivity (Wildman–Crippen MR) is 110 cm³/mol. The summed E-state index contributed by atoms with van der Waals surface area (Å²) < 4.78 is 6.31. The van der Waals surface area contributed by atoms with E-state index >= 15 is 0 Å². The lowest BCUT2D eigenvalue weighted by atomic mass is 9.94. The van der Waals surface area contributed by atoms with E-state index in [1.165, 1.54) is 35.1 Å². The molecular formula is C20H22N4O10. The van der Waals surface area contributed by atoms with Gasteiger partial charge in [0.15, 0.2) is 6.10 Å². The van der Waals surface area contributed by atoms with E-state index in [1.54, 1.807) is 0 Å². The van der Waals surface area contributed by atoms with Gasteiger partial charge in [-0.3, -0.25) is 4.79 Å². The number of carbonyl (C=O) groups excluding carboxylic acids is 1. The molecule has 2 aromatic rings. The number of aliphatic carboxylic acids is 1. The third kappa shape index (κ3) is 5.55. The summed E-state index contributed by atoms with van der Waals surface area (Å²) in [7, 11) is 0. The summed E-state index contributed by atoms with van der Waals surface area (Å²) in [4.78, 5) is 34.7. The van der Waals surface area contributed by atoms with Gasteiger partial charge in [0.1, 0.15) is 30.6 Å². The van der Waals surface area contributed by atoms with Gasteiger partial charge in [-0.05, 0) is 18.2 Å². The summed E-state index contributed by atoms with van der Waals surface area (Å²) in [5.74, 6) is -4.03. The van der Waals surface area contributed by atoms with Crippen LogP contribution in [0.4, 0.5) is 0 Å². The van der Waals surface area contributed by atoms with E-state index in [-0.39, 0.29) is 12.1 Å². The molecule has 1 aromatic heterocycles. The second kappa shape index (κ2) is 10.4. The predicted octanol–water partition coefficient (Wildman–Crippen LogP) is -2.43. The number of carboxylic acid groups (broad SMARTS) is 2. The summed E-state index contributed by atoms with van der Waals surface area (Å²) >= 11 is 0. The molecule has 0 saturated heterocycles. The highest BCUT2D eigenvalue weighted by molar-refractivity contribution is 5.88. The SMILES string of the molecule is O=C(Cn1cc(-c2ccc(C(=O)O)cc2)nn1)N[C@@H]1C(O)C=C(C(=O)O)OC1C(O)C(O)CO. The van der Waals surface area contributed by atoms with Gasteiger partial charge in [-0.15, -0.1) is 5.10 Å². The van der Waals surface area contributed by atoms with Gasteiger partial charge in [-0.2, -0.15) is 0 Å². The minimum atomic E-state index is -1.83. The molecule has 1 amide bonds. The first-order valence-electron chi connectivity index (χ1n) is 9.90. The van der Waals surface area contributed by atoms with Crippen LogP contribution in [0.15, 0.2) is 42.3 Å². The summed E-state index contributed by atoms with van der Waals surface area (Å²) in [5, 5.41) is 67.6. The second-order valence-electron chi connectivity index (χ2n) is 7.43. The molecule has 14 heteroatoms. The molecule has 7 N–H and O–H groups in total. The van der Waals surface area contributed by atoms with Crippen molar-refractivity contribution >= 4 is 17.8 Å². The minimum absolute atomic E-state index is 0.0898. The van der Waals surface area contributed by atoms with E-state index in [1.807, 2.05) is 0 Å². The molecule has 0 fully saturated rings. The third-order valence-corrected chi connectivity index (χ3v) is 5.04. The fourth-order valence-corrected chi connectivity index (χ4v) is 3.28. The highest BCUT2D eigenvalue weighted by Crippen LogP contribution is 2.23. The lowest BCUT2D eigenvalue weighted by molar-refractivity contribution is -0.149. The fourth-order valence-electron chi connectivity index (χ4n) is 3.28. The smallest absolute Gasteiger partial charge is 0.370 e. The highest BCUT2D eigenvalue weighted by atomic mass is 16.5. The Hall–Kier alpha value is -3.85. The van der Waals surface area contributed by atoms with E-state index in [2.05, 4.69) is 15.6 Å². The number of aromatic nitrogens is 3. The molecule has 0 radical (unpaired) electrons. The number of amides is 1. The zero-order valence-electron chi connectivity index (χ0n) is 17.4. The summed E-state index contributed by atoms with van der Waals surface area (Å²) in [6.45, 7) is -1.26. The van der Waals surface area contributed by atoms with Crippen LogP contribution in [0.25, 0.3) is 11.3 Å². The number of nitrogens with zero attached hydrogens (tertiary/aromatic N) is 3. The van der Waals surface area contributed by atoms with Gasteiger partial charge in [0.2, 0.25) is 11.7 Å². The average molecular weight is 478 g/mol. The van der Waals surface area contributed by atoms with Gasteiger partial charge in [-0.1, -0.05) is 17.3 Å². The van der Waals surface area contributed by atoms with Crippen LogP contribution in [-0.2, 0) is 20.9 Å². The summed E-state index contributed by atoms with van der Waals surface area (Å²) in [6, 6.07) is 4.47. The van der Waals surface area contributed by atoms with Crippen LogP contribution in [-0.4, -0.2) is 101 Å². The Balaban J connectivity index is 1.72. The van der Waals surface area contributed by atoms with Gasteiger partial charge in [0.05, 0.1) is 24.4 Å². The largest absolute Gasteiger partial charge is 0.478 e. The van der Waals surface area contributed by atoms with Gasteiger partial charge in [-0.25, -0.2) is 14.3 Å². The number of aliphatic hydroxyl groups excluding tert-OH is 4. The number of benzene rings is 1. The first kappa shape index (κ1) is 24.8. The number of hydrogen-bond donors (Lipinski definition) is 7. The van der Waals surface area contributed by atoms with Crippen LogP contribution in [0.2, 0.25) is 0 Å². The molecular weight excluding hydrogens is 456 g/mol. The molecule has 14 nitrogen and oxygen atoms in total. The maximum atomic E-state index is 12.6. The van der Waals surface area contributed by atoms with Crippen LogP contribution in [0.3, 0.4) is 0 Å². The topological polar surface area (TPSA) is 225 Å². The van der Waals surface area contributed by atoms with E-state index in [4.69, 9.17) is 20.1 Å². The van der Waals surface area contributed by atoms with E-state index in [0.717, 1.165) is 6.08 Å². The summed E-state index contributed by atoms with van der Waals surface area (Å²) in [5.41, 5.74) is 1.01. The van der Waals surface area contributed by atoms with Crippen molar-refractivity contribution in [2.45, 2.75) is 37.0 Å². The fraction of sp³-hybridized carbons (Fsp3) is 0.350. The van der Waals surface area contributed by atoms with E-state index in [9.17, 15) is 29.7 Å². The van der Waals surface area contributed by atoms with Gasteiger partial charge < -0.3 is 40.7 Å². The van der Waals surface area contributed by atoms with Crippen LogP contribution in [0.1, 0.15) is 10.4 Å². The standard InChI is InChI=1S/C20H22N4O10/c25-8-13(27)17(29)18-16(12(26)5-14(34-18)20(32)33)21-15(28)7-24-6-11(22-23-24)9-1-3-10(4-2-9)19(30)31/h1-6,12-13,16-18,25-27,29H,7-8H2,(H,21,28)(H,30,31)(H,32,33)/t12?,13?,16-,17?,18?/m1/s1. The normalized spacial score (nSPS) is 21.6. The number of carbonyl (C=O) groups is 3. The van der Waals surface area contributed by atoms with Crippen LogP contribution in [0, 0.1) is 0 Å². The Labute approximate surface area is 191 Å². The third-order valence-electron chi connectivity index (χ3n) is 5.04. The molecule has 1 aliphatic heterocycles. The molecule has 5 atom stereocenters. The maximum absolute atomic E-state index is 12.6. The molecule has 3 rings (SSSR count). The highest BCUT2D eigenvalue weighted by Gasteiger charge is 2.43. The van der Waals surface area contributed by atoms with Crippen molar-refractivity contribution in [3.8, 4) is 11.3 Å². The minimum Gasteiger partial charge on any atom is -0.478 e. The van der Waals surface area contributed by atoms with Gasteiger partial charge in [0.25, 0.3) is 0 Å². The number of ether oxygens (including phenoxy) is 1. The van der Waals surface area contributed by atoms with Crippen molar-refractivity contribution in [2.75, 3.05) is 6.61 Å². The average Bonchev–Trinajstić information content (AvgIpc) is 3.27. The molecule has 2 heterocycles. The first-order chi connectivity index (χ1) is 16.1. The van der Waals surface area contributed by atoms with Gasteiger partial charge >= 0.3 is 11.9 Å². The monoisotopic (exact) mass is 478 g/mol. The lowest BCUT2D eigenvalue weighted by Crippen LogP contribution is -2.60. The Bertz CT molecular complexity index is 1080. The molecule has 0 bridgehead atoms. The van der Waals surface area contributed by atoms with Crippen molar-refractivity contribution in [1.82, 2.24) is 20.3 Å². The van der Waals surface area contributed by atoms with Gasteiger partial charge in [0, 0.05) is 5.56 Å². The van der Waals surface area contributed by atoms with E-state index < -0.39 is 60.7 Å². The van der Waals surface area contributed by atoms with Crippen LogP contribution in [0.5, 0.6) is 0 Å². The molecule has 1 aromatic carbocycles. The molecule has 0 spiro atoms. The van der Waals surface area contributed by atoms with Crippen molar-refractivity contribution in [1.29, 1.82) is 0 Å². The Morgan fingerprint density at radius 1 is 1.12 bits per heavy atom. The number of aromatic carboxylic acids is 1. The zero-order chi connectivity index (χ0) is 25.0. The van der Waals surface area contributed by atoms with Crippen molar-refractivity contribution < 1.29 is 49.8 Å². The Kier molecular flexibility index (Phi) is 7.57. The summed E-state index contributed by atoms with van der Waals surface area (Å²) in [6.07, 6.45) is -4.48. The molecule has 34 heavy (non-hydrogen) atoms. The van der Waals surface area contributed by atoms with Crippen molar-refractivity contribution in [3.05, 3.63) is 47.9 Å². The van der Waals surface area contributed by atoms with Crippen LogP contribution >= 0.6 is 0 Å². The number of carboxylic acids is 2. The quantitative estimate of drug-likeness (QED) is 0.200. The molecule has 4 unspecified atom stereocenters. The maximum Gasteiger partial charge on any atom is 0.370 e. The molecule has 0 aliphatic carbocycles. The zero-order valence-corrected chi connectivity index (χ0v) is 17.4. The number of aliphatic hydroxyl groups is 4. The second-order valence-corrected chi connectivity index (χ2v) is 7.43. The number of rotatable bonds is 9. The Morgan fingerprint density at radius 3 is 2.38 bits per heavy atom. The first-order valence-corrected chi connectivity index (χ1v) is 9.90. The molecule has 182 valence electrons. The molecule has 1 aliphatic rings. The van der Waals surface area contributed by atoms with Crippen molar-refractivity contribution in [2.24, 2.45) is 0 Å². The lowest BCUT2D eigenvalue weighted by Gasteiger charge is -2.38. The number of nitrogens with one attached hydrogen (secondary N) is 1. The van der Waals surface area contributed by atoms with Crippen LogP contribution < -0.4 is 5.32 Å². The van der Waals surface area contributed by atoms with E-state index in [0.29, 0.717) is 11.3 Å².